The van der Waals surface area contributed by atoms with Crippen molar-refractivity contribution in [2.24, 2.45) is 0 Å². The van der Waals surface area contributed by atoms with Crippen LogP contribution in [-0.4, -0.2) is 31.8 Å². The minimum atomic E-state index is -0.487. The third kappa shape index (κ3) is 5.62. The van der Waals surface area contributed by atoms with Gasteiger partial charge in [0.15, 0.2) is 0 Å². The van der Waals surface area contributed by atoms with E-state index in [1.807, 2.05) is 60.7 Å². The van der Waals surface area contributed by atoms with Crippen LogP contribution in [0.25, 0.3) is 22.5 Å². The Balaban J connectivity index is 1.46. The van der Waals surface area contributed by atoms with Gasteiger partial charge in [-0.05, 0) is 12.5 Å². The number of benzene rings is 3. The standard InChI is InChI=1S/C25H21N5O3S/c1-17-12-13-20(30(32)33)16-21(17)26-22(31)14-15-34-25-27-23(18-8-4-2-5-9-18)24(28-29-25)19-10-6-3-7-11-19/h2-13,16H,14-15H2,1H3,(H,26,31). The van der Waals surface area contributed by atoms with Crippen molar-refractivity contribution >= 4 is 29.0 Å². The molecule has 4 rings (SSSR count). The Morgan fingerprint density at radius 2 is 1.59 bits per heavy atom. The minimum absolute atomic E-state index is 0.0679. The van der Waals surface area contributed by atoms with Crippen molar-refractivity contribution in [1.29, 1.82) is 0 Å². The number of carbonyl (C=O) groups excluding carboxylic acids is 1. The van der Waals surface area contributed by atoms with Crippen LogP contribution in [0, 0.1) is 17.0 Å². The molecule has 1 amide bonds. The molecule has 4 aromatic rings. The van der Waals surface area contributed by atoms with Gasteiger partial charge in [0.1, 0.15) is 11.4 Å². The minimum Gasteiger partial charge on any atom is -0.326 e. The molecule has 0 bridgehead atoms. The van der Waals surface area contributed by atoms with Gasteiger partial charge in [-0.15, -0.1) is 10.2 Å². The van der Waals surface area contributed by atoms with Gasteiger partial charge in [-0.3, -0.25) is 14.9 Å². The third-order valence-electron chi connectivity index (χ3n) is 5.03. The SMILES string of the molecule is Cc1ccc([N+](=O)[O-])cc1NC(=O)CCSc1nnc(-c2ccccc2)c(-c2ccccc2)n1. The van der Waals surface area contributed by atoms with Crippen molar-refractivity contribution in [2.45, 2.75) is 18.5 Å². The van der Waals surface area contributed by atoms with Gasteiger partial charge < -0.3 is 5.32 Å². The van der Waals surface area contributed by atoms with Crippen LogP contribution in [0.3, 0.4) is 0 Å². The molecule has 0 aliphatic heterocycles. The van der Waals surface area contributed by atoms with Crippen LogP contribution >= 0.6 is 11.8 Å². The summed E-state index contributed by atoms with van der Waals surface area (Å²) in [6.07, 6.45) is 0.192. The Morgan fingerprint density at radius 1 is 0.941 bits per heavy atom. The number of nitrogens with zero attached hydrogens (tertiary/aromatic N) is 4. The number of hydrogen-bond donors (Lipinski definition) is 1. The number of anilines is 1. The fourth-order valence-corrected chi connectivity index (χ4v) is 3.99. The number of nitro groups is 1. The van der Waals surface area contributed by atoms with E-state index in [2.05, 4.69) is 15.5 Å². The Hall–Kier alpha value is -4.11. The predicted octanol–water partition coefficient (Wildman–Crippen LogP) is 5.54. The lowest BCUT2D eigenvalue weighted by Gasteiger charge is -2.10. The maximum absolute atomic E-state index is 12.4. The lowest BCUT2D eigenvalue weighted by atomic mass is 10.0. The molecule has 0 aliphatic carbocycles. The van der Waals surface area contributed by atoms with Gasteiger partial charge in [-0.25, -0.2) is 4.98 Å². The van der Waals surface area contributed by atoms with Crippen molar-refractivity contribution < 1.29 is 9.72 Å². The highest BCUT2D eigenvalue weighted by Gasteiger charge is 2.15. The fourth-order valence-electron chi connectivity index (χ4n) is 3.27. The zero-order valence-corrected chi connectivity index (χ0v) is 19.2. The molecule has 0 aliphatic rings. The number of nitrogens with one attached hydrogen (secondary N) is 1. The molecule has 1 aromatic heterocycles. The molecule has 170 valence electrons. The molecule has 3 aromatic carbocycles. The Bertz CT molecular complexity index is 1320. The van der Waals surface area contributed by atoms with Gasteiger partial charge in [0.05, 0.1) is 10.6 Å². The topological polar surface area (TPSA) is 111 Å². The number of rotatable bonds is 8. The Kier molecular flexibility index (Phi) is 7.24. The predicted molar refractivity (Wildman–Crippen MR) is 133 cm³/mol. The molecular formula is C25H21N5O3S. The number of thioether (sulfide) groups is 1. The van der Waals surface area contributed by atoms with Crippen LogP contribution in [0.1, 0.15) is 12.0 Å². The van der Waals surface area contributed by atoms with Crippen molar-refractivity contribution in [2.75, 3.05) is 11.1 Å². The highest BCUT2D eigenvalue weighted by Crippen LogP contribution is 2.30. The number of non-ortho nitro benzene ring substituents is 1. The fraction of sp³-hybridized carbons (Fsp3) is 0.120. The van der Waals surface area contributed by atoms with Gasteiger partial charge in [-0.2, -0.15) is 0 Å². The normalized spacial score (nSPS) is 10.6. The first-order valence-electron chi connectivity index (χ1n) is 10.5. The monoisotopic (exact) mass is 471 g/mol. The zero-order chi connectivity index (χ0) is 23.9. The highest BCUT2D eigenvalue weighted by atomic mass is 32.2. The second-order valence-corrected chi connectivity index (χ2v) is 8.49. The van der Waals surface area contributed by atoms with E-state index in [1.54, 1.807) is 13.0 Å². The van der Waals surface area contributed by atoms with Crippen LogP contribution in [-0.2, 0) is 4.79 Å². The van der Waals surface area contributed by atoms with Crippen LogP contribution in [0.15, 0.2) is 84.0 Å². The molecule has 0 radical (unpaired) electrons. The van der Waals surface area contributed by atoms with E-state index in [9.17, 15) is 14.9 Å². The van der Waals surface area contributed by atoms with E-state index >= 15 is 0 Å². The van der Waals surface area contributed by atoms with E-state index in [0.717, 1.165) is 22.4 Å². The molecule has 0 saturated carbocycles. The third-order valence-corrected chi connectivity index (χ3v) is 5.87. The molecule has 0 atom stereocenters. The zero-order valence-electron chi connectivity index (χ0n) is 18.3. The van der Waals surface area contributed by atoms with Gasteiger partial charge in [0.2, 0.25) is 11.1 Å². The molecule has 0 fully saturated rings. The molecule has 9 heteroatoms. The largest absolute Gasteiger partial charge is 0.326 e. The maximum atomic E-state index is 12.4. The summed E-state index contributed by atoms with van der Waals surface area (Å²) in [7, 11) is 0. The molecule has 0 saturated heterocycles. The first-order valence-corrected chi connectivity index (χ1v) is 11.5. The van der Waals surface area contributed by atoms with Crippen molar-refractivity contribution in [3.63, 3.8) is 0 Å². The molecule has 0 spiro atoms. The average Bonchev–Trinajstić information content (AvgIpc) is 2.86. The summed E-state index contributed by atoms with van der Waals surface area (Å²) in [5, 5.41) is 22.9. The molecular weight excluding hydrogens is 450 g/mol. The summed E-state index contributed by atoms with van der Waals surface area (Å²) in [6, 6.07) is 23.9. The number of nitro benzene ring substituents is 1. The number of hydrogen-bond acceptors (Lipinski definition) is 7. The maximum Gasteiger partial charge on any atom is 0.271 e. The summed E-state index contributed by atoms with van der Waals surface area (Å²) in [6.45, 7) is 1.78. The van der Waals surface area contributed by atoms with Gasteiger partial charge in [-0.1, -0.05) is 78.5 Å². The summed E-state index contributed by atoms with van der Waals surface area (Å²) in [5.41, 5.74) is 4.38. The smallest absolute Gasteiger partial charge is 0.271 e. The van der Waals surface area contributed by atoms with Gasteiger partial charge in [0.25, 0.3) is 5.69 Å². The second-order valence-electron chi connectivity index (χ2n) is 7.43. The lowest BCUT2D eigenvalue weighted by molar-refractivity contribution is -0.384. The van der Waals surface area contributed by atoms with Gasteiger partial charge in [0, 0.05) is 35.4 Å². The summed E-state index contributed by atoms with van der Waals surface area (Å²) < 4.78 is 0. The van der Waals surface area contributed by atoms with Crippen LogP contribution in [0.2, 0.25) is 0 Å². The molecule has 8 nitrogen and oxygen atoms in total. The number of amides is 1. The summed E-state index contributed by atoms with van der Waals surface area (Å²) >= 11 is 1.33. The molecule has 1 N–H and O–H groups in total. The van der Waals surface area contributed by atoms with Gasteiger partial charge >= 0.3 is 0 Å². The summed E-state index contributed by atoms with van der Waals surface area (Å²) in [5.74, 6) is 0.189. The first kappa shape index (κ1) is 23.1. The number of carbonyl (C=O) groups is 1. The van der Waals surface area contributed by atoms with Crippen LogP contribution in [0.5, 0.6) is 0 Å². The van der Waals surface area contributed by atoms with Crippen molar-refractivity contribution in [3.05, 3.63) is 94.5 Å². The highest BCUT2D eigenvalue weighted by molar-refractivity contribution is 7.99. The molecule has 1 heterocycles. The number of aromatic nitrogens is 3. The van der Waals surface area contributed by atoms with E-state index < -0.39 is 4.92 Å². The van der Waals surface area contributed by atoms with Crippen molar-refractivity contribution in [3.8, 4) is 22.5 Å². The van der Waals surface area contributed by atoms with E-state index in [4.69, 9.17) is 4.98 Å². The van der Waals surface area contributed by atoms with E-state index in [-0.39, 0.29) is 18.0 Å². The van der Waals surface area contributed by atoms with E-state index in [1.165, 1.54) is 23.9 Å². The molecule has 34 heavy (non-hydrogen) atoms. The molecule has 0 unspecified atom stereocenters. The van der Waals surface area contributed by atoms with E-state index in [0.29, 0.717) is 22.3 Å². The Morgan fingerprint density at radius 3 is 2.24 bits per heavy atom. The quantitative estimate of drug-likeness (QED) is 0.204. The Labute approximate surface area is 200 Å². The number of aryl methyl sites for hydroxylation is 1. The van der Waals surface area contributed by atoms with Crippen LogP contribution in [0.4, 0.5) is 11.4 Å². The average molecular weight is 472 g/mol. The van der Waals surface area contributed by atoms with Crippen LogP contribution < -0.4 is 5.32 Å². The first-order chi connectivity index (χ1) is 16.5. The second kappa shape index (κ2) is 10.7. The van der Waals surface area contributed by atoms with Crippen molar-refractivity contribution in [1.82, 2.24) is 15.2 Å². The lowest BCUT2D eigenvalue weighted by Crippen LogP contribution is -2.13. The summed E-state index contributed by atoms with van der Waals surface area (Å²) in [4.78, 5) is 27.6.